The van der Waals surface area contributed by atoms with Gasteiger partial charge in [0.15, 0.2) is 0 Å². The van der Waals surface area contributed by atoms with Crippen LogP contribution in [0.25, 0.3) is 0 Å². The maximum Gasteiger partial charge on any atom is 0.0695 e. The Bertz CT molecular complexity index is 121. The van der Waals surface area contributed by atoms with E-state index in [0.717, 1.165) is 6.54 Å². The van der Waals surface area contributed by atoms with Crippen molar-refractivity contribution in [1.82, 2.24) is 4.90 Å². The summed E-state index contributed by atoms with van der Waals surface area (Å²) < 4.78 is 0. The summed E-state index contributed by atoms with van der Waals surface area (Å²) in [6, 6.07) is 0. The van der Waals surface area contributed by atoms with E-state index in [1.165, 1.54) is 13.1 Å². The number of hydrogen-bond acceptors (Lipinski definition) is 2. The van der Waals surface area contributed by atoms with E-state index in [-0.39, 0.29) is 6.10 Å². The van der Waals surface area contributed by atoms with Crippen LogP contribution >= 0.6 is 0 Å². The molecule has 0 aromatic rings. The minimum Gasteiger partial charge on any atom is -0.392 e. The van der Waals surface area contributed by atoms with E-state index in [1.54, 1.807) is 0 Å². The summed E-state index contributed by atoms with van der Waals surface area (Å²) in [7, 11) is 0. The zero-order valence-electron chi connectivity index (χ0n) is 7.75. The lowest BCUT2D eigenvalue weighted by Crippen LogP contribution is -2.29. The third-order valence-corrected chi connectivity index (χ3v) is 2.64. The number of rotatable bonds is 4. The highest BCUT2D eigenvalue weighted by Gasteiger charge is 2.25. The number of aliphatic hydroxyl groups excluding tert-OH is 1. The van der Waals surface area contributed by atoms with E-state index in [0.29, 0.717) is 11.8 Å². The monoisotopic (exact) mass is 157 g/mol. The van der Waals surface area contributed by atoms with Gasteiger partial charge in [-0.25, -0.2) is 0 Å². The van der Waals surface area contributed by atoms with Gasteiger partial charge in [-0.1, -0.05) is 20.8 Å². The van der Waals surface area contributed by atoms with Gasteiger partial charge in [-0.3, -0.25) is 4.90 Å². The summed E-state index contributed by atoms with van der Waals surface area (Å²) in [5.41, 5.74) is 0. The van der Waals surface area contributed by atoms with Crippen LogP contribution in [0.5, 0.6) is 0 Å². The van der Waals surface area contributed by atoms with Crippen molar-refractivity contribution < 1.29 is 5.11 Å². The summed E-state index contributed by atoms with van der Waals surface area (Å²) in [5.74, 6) is 1.01. The average molecular weight is 157 g/mol. The fraction of sp³-hybridized carbons (Fsp3) is 1.00. The van der Waals surface area contributed by atoms with Crippen molar-refractivity contribution in [2.45, 2.75) is 26.9 Å². The van der Waals surface area contributed by atoms with Gasteiger partial charge in [-0.15, -0.1) is 0 Å². The molecular formula is C9H19NO. The first-order chi connectivity index (χ1) is 5.11. The van der Waals surface area contributed by atoms with Crippen LogP contribution in [0.3, 0.4) is 0 Å². The summed E-state index contributed by atoms with van der Waals surface area (Å²) in [6.07, 6.45) is -0.127. The maximum absolute atomic E-state index is 9.66. The molecule has 2 unspecified atom stereocenters. The molecule has 0 aliphatic carbocycles. The molecule has 0 radical (unpaired) electrons. The number of nitrogens with zero attached hydrogens (tertiary/aromatic N) is 1. The third-order valence-electron chi connectivity index (χ3n) is 2.64. The van der Waals surface area contributed by atoms with Crippen LogP contribution in [-0.2, 0) is 0 Å². The molecule has 0 saturated carbocycles. The lowest BCUT2D eigenvalue weighted by Gasteiger charge is -2.22. The Hall–Kier alpha value is -0.0800. The molecule has 1 N–H and O–H groups in total. The van der Waals surface area contributed by atoms with Crippen LogP contribution in [0.15, 0.2) is 0 Å². The fourth-order valence-electron chi connectivity index (χ4n) is 1.13. The maximum atomic E-state index is 9.66. The van der Waals surface area contributed by atoms with Crippen molar-refractivity contribution in [3.8, 4) is 0 Å². The topological polar surface area (TPSA) is 23.2 Å². The van der Waals surface area contributed by atoms with E-state index in [4.69, 9.17) is 0 Å². The predicted octanol–water partition coefficient (Wildman–Crippen LogP) is 0.955. The van der Waals surface area contributed by atoms with Gasteiger partial charge in [0.1, 0.15) is 0 Å². The van der Waals surface area contributed by atoms with Crippen molar-refractivity contribution >= 4 is 0 Å². The van der Waals surface area contributed by atoms with Gasteiger partial charge in [-0.2, -0.15) is 0 Å². The average Bonchev–Trinajstić information content (AvgIpc) is 2.69. The third kappa shape index (κ3) is 2.80. The van der Waals surface area contributed by atoms with E-state index in [2.05, 4.69) is 25.7 Å². The summed E-state index contributed by atoms with van der Waals surface area (Å²) in [4.78, 5) is 2.27. The van der Waals surface area contributed by atoms with Crippen LogP contribution in [-0.4, -0.2) is 35.7 Å². The lowest BCUT2D eigenvalue weighted by atomic mass is 9.92. The number of hydrogen-bond donors (Lipinski definition) is 1. The highest BCUT2D eigenvalue weighted by Crippen LogP contribution is 2.17. The molecular weight excluding hydrogens is 138 g/mol. The second-order valence-electron chi connectivity index (χ2n) is 3.97. The van der Waals surface area contributed by atoms with Gasteiger partial charge in [-0.05, 0) is 11.8 Å². The van der Waals surface area contributed by atoms with E-state index < -0.39 is 0 Å². The minimum absolute atomic E-state index is 0.127. The van der Waals surface area contributed by atoms with E-state index in [1.807, 2.05) is 0 Å². The molecule has 2 nitrogen and oxygen atoms in total. The molecule has 2 heteroatoms. The van der Waals surface area contributed by atoms with Crippen molar-refractivity contribution in [3.63, 3.8) is 0 Å². The number of aliphatic hydroxyl groups is 1. The Morgan fingerprint density at radius 2 is 1.82 bits per heavy atom. The van der Waals surface area contributed by atoms with Crippen molar-refractivity contribution in [2.24, 2.45) is 11.8 Å². The molecule has 1 aliphatic rings. The summed E-state index contributed by atoms with van der Waals surface area (Å²) in [6.45, 7) is 9.69. The Kier molecular flexibility index (Phi) is 2.90. The summed E-state index contributed by atoms with van der Waals surface area (Å²) >= 11 is 0. The van der Waals surface area contributed by atoms with Crippen LogP contribution in [0.4, 0.5) is 0 Å². The van der Waals surface area contributed by atoms with E-state index >= 15 is 0 Å². The van der Waals surface area contributed by atoms with Crippen molar-refractivity contribution in [2.75, 3.05) is 19.6 Å². The largest absolute Gasteiger partial charge is 0.392 e. The normalized spacial score (nSPS) is 23.7. The first kappa shape index (κ1) is 9.01. The van der Waals surface area contributed by atoms with Gasteiger partial charge >= 0.3 is 0 Å². The van der Waals surface area contributed by atoms with Gasteiger partial charge in [0.05, 0.1) is 6.10 Å². The second kappa shape index (κ2) is 3.55. The fourth-order valence-corrected chi connectivity index (χ4v) is 1.13. The standard InChI is InChI=1S/C9H19NO/c1-7(2)8(3)9(11)6-10-4-5-10/h7-9,11H,4-6H2,1-3H3. The molecule has 1 aliphatic heterocycles. The van der Waals surface area contributed by atoms with Crippen LogP contribution in [0, 0.1) is 11.8 Å². The Balaban J connectivity index is 2.20. The quantitative estimate of drug-likeness (QED) is 0.614. The van der Waals surface area contributed by atoms with Gasteiger partial charge in [0.25, 0.3) is 0 Å². The molecule has 0 bridgehead atoms. The zero-order chi connectivity index (χ0) is 8.43. The van der Waals surface area contributed by atoms with Crippen LogP contribution in [0.2, 0.25) is 0 Å². The first-order valence-electron chi connectivity index (χ1n) is 4.51. The smallest absolute Gasteiger partial charge is 0.0695 e. The molecule has 0 spiro atoms. The molecule has 0 aromatic heterocycles. The molecule has 0 amide bonds. The van der Waals surface area contributed by atoms with Gasteiger partial charge in [0.2, 0.25) is 0 Å². The number of β-amino-alcohol motifs (C(OH)–C–C–N with tert-alkyl or cyclic N) is 1. The van der Waals surface area contributed by atoms with Gasteiger partial charge < -0.3 is 5.11 Å². The van der Waals surface area contributed by atoms with Crippen LogP contribution in [0.1, 0.15) is 20.8 Å². The van der Waals surface area contributed by atoms with Crippen LogP contribution < -0.4 is 0 Å². The highest BCUT2D eigenvalue weighted by molar-refractivity contribution is 4.79. The minimum atomic E-state index is -0.127. The Morgan fingerprint density at radius 1 is 1.27 bits per heavy atom. The highest BCUT2D eigenvalue weighted by atomic mass is 16.3. The lowest BCUT2D eigenvalue weighted by molar-refractivity contribution is 0.0783. The summed E-state index contributed by atoms with van der Waals surface area (Å²) in [5, 5.41) is 9.66. The Labute approximate surface area is 69.2 Å². The zero-order valence-corrected chi connectivity index (χ0v) is 7.75. The SMILES string of the molecule is CC(C)C(C)C(O)CN1CC1. The molecule has 1 heterocycles. The molecule has 2 atom stereocenters. The molecule has 1 saturated heterocycles. The molecule has 11 heavy (non-hydrogen) atoms. The van der Waals surface area contributed by atoms with Gasteiger partial charge in [0, 0.05) is 19.6 Å². The van der Waals surface area contributed by atoms with E-state index in [9.17, 15) is 5.11 Å². The Morgan fingerprint density at radius 3 is 2.18 bits per heavy atom. The second-order valence-corrected chi connectivity index (χ2v) is 3.97. The van der Waals surface area contributed by atoms with Crippen molar-refractivity contribution in [1.29, 1.82) is 0 Å². The molecule has 0 aromatic carbocycles. The molecule has 1 fully saturated rings. The predicted molar refractivity (Wildman–Crippen MR) is 46.4 cm³/mol. The molecule has 66 valence electrons. The molecule has 1 rings (SSSR count). The first-order valence-corrected chi connectivity index (χ1v) is 4.51. The van der Waals surface area contributed by atoms with Crippen molar-refractivity contribution in [3.05, 3.63) is 0 Å².